The third-order valence-electron chi connectivity index (χ3n) is 4.73. The zero-order valence-electron chi connectivity index (χ0n) is 16.1. The topological polar surface area (TPSA) is 114 Å². The highest BCUT2D eigenvalue weighted by Crippen LogP contribution is 2.50. The van der Waals surface area contributed by atoms with Crippen molar-refractivity contribution in [3.05, 3.63) is 58.9 Å². The number of carbonyl (C=O) groups excluding carboxylic acids is 1. The van der Waals surface area contributed by atoms with Gasteiger partial charge in [0.1, 0.15) is 23.3 Å². The highest BCUT2D eigenvalue weighted by molar-refractivity contribution is 5.95. The quantitative estimate of drug-likeness (QED) is 0.558. The number of Topliss-reactive ketones (excluding diaryl/α,β-unsaturated/α-hetero) is 1. The maximum Gasteiger partial charge on any atom is 0.431 e. The Hall–Kier alpha value is -3.69. The molecule has 0 aromatic carbocycles. The molecule has 3 rings (SSSR count). The van der Waals surface area contributed by atoms with Crippen LogP contribution in [0.15, 0.2) is 35.5 Å². The summed E-state index contributed by atoms with van der Waals surface area (Å²) in [5.74, 6) is -6.82. The maximum atomic E-state index is 14.9. The van der Waals surface area contributed by atoms with Gasteiger partial charge in [-0.3, -0.25) is 14.8 Å². The standard InChI is InChI=1S/C19H13F6N5O2/c1-17(18(21,22)15(19(23,24)25)32-16(27)30-17)14-11(20)4-3-10(29-14)6-13(31)12-5-2-9(7-26)8-28-12/h2-5,8,15H,6H2,1H3,(H2,27,30)/t15-,17+/m0/s1. The molecule has 0 fully saturated rings. The van der Waals surface area contributed by atoms with Crippen molar-refractivity contribution in [1.82, 2.24) is 9.97 Å². The first-order valence-corrected chi connectivity index (χ1v) is 8.81. The number of nitrogens with two attached hydrogens (primary N) is 1. The largest absolute Gasteiger partial charge is 0.446 e. The molecule has 0 amide bonds. The van der Waals surface area contributed by atoms with E-state index < -0.39 is 53.5 Å². The molecule has 0 saturated carbocycles. The van der Waals surface area contributed by atoms with Gasteiger partial charge in [-0.1, -0.05) is 0 Å². The molecule has 0 bridgehead atoms. The number of aliphatic imine (C=N–C) groups is 1. The fourth-order valence-corrected chi connectivity index (χ4v) is 3.06. The number of nitriles is 1. The molecule has 1 aliphatic rings. The first-order chi connectivity index (χ1) is 14.8. The summed E-state index contributed by atoms with van der Waals surface area (Å²) in [5.41, 5.74) is 0.750. The van der Waals surface area contributed by atoms with Crippen LogP contribution in [0.2, 0.25) is 0 Å². The number of hydrogen-bond donors (Lipinski definition) is 1. The van der Waals surface area contributed by atoms with Crippen molar-refractivity contribution < 1.29 is 35.9 Å². The molecule has 7 nitrogen and oxygen atoms in total. The number of pyridine rings is 2. The summed E-state index contributed by atoms with van der Waals surface area (Å²) < 4.78 is 87.7. The average molecular weight is 457 g/mol. The predicted octanol–water partition coefficient (Wildman–Crippen LogP) is 3.04. The van der Waals surface area contributed by atoms with E-state index in [9.17, 15) is 31.1 Å². The summed E-state index contributed by atoms with van der Waals surface area (Å²) in [6.45, 7) is 0.542. The number of halogens is 6. The van der Waals surface area contributed by atoms with Gasteiger partial charge in [-0.05, 0) is 31.2 Å². The lowest BCUT2D eigenvalue weighted by atomic mass is 9.84. The van der Waals surface area contributed by atoms with Gasteiger partial charge in [0.25, 0.3) is 12.1 Å². The molecule has 13 heteroatoms. The molecule has 2 atom stereocenters. The van der Waals surface area contributed by atoms with Crippen LogP contribution in [-0.4, -0.2) is 40.0 Å². The van der Waals surface area contributed by atoms with Crippen molar-refractivity contribution in [2.75, 3.05) is 0 Å². The summed E-state index contributed by atoms with van der Waals surface area (Å²) in [6, 6.07) is 4.86. The Morgan fingerprint density at radius 3 is 2.53 bits per heavy atom. The molecule has 3 heterocycles. The molecular weight excluding hydrogens is 444 g/mol. The van der Waals surface area contributed by atoms with Crippen LogP contribution in [0.3, 0.4) is 0 Å². The van der Waals surface area contributed by atoms with Crippen LogP contribution in [0.5, 0.6) is 0 Å². The van der Waals surface area contributed by atoms with Crippen molar-refractivity contribution >= 4 is 11.8 Å². The zero-order chi connectivity index (χ0) is 23.9. The Kier molecular flexibility index (Phi) is 5.58. The predicted molar refractivity (Wildman–Crippen MR) is 96.0 cm³/mol. The SMILES string of the molecule is C[C@]1(c2nc(CC(=O)c3ccc(C#N)cn3)ccc2F)N=C(N)O[C@H](C(F)(F)F)C1(F)F. The number of ether oxygens (including phenoxy) is 1. The highest BCUT2D eigenvalue weighted by Gasteiger charge is 2.70. The van der Waals surface area contributed by atoms with E-state index in [1.807, 2.05) is 6.07 Å². The van der Waals surface area contributed by atoms with Crippen molar-refractivity contribution in [3.63, 3.8) is 0 Å². The van der Waals surface area contributed by atoms with E-state index in [0.717, 1.165) is 12.3 Å². The second kappa shape index (κ2) is 7.77. The van der Waals surface area contributed by atoms with E-state index >= 15 is 0 Å². The Balaban J connectivity index is 2.01. The van der Waals surface area contributed by atoms with Gasteiger partial charge in [-0.25, -0.2) is 9.38 Å². The smallest absolute Gasteiger partial charge is 0.431 e. The number of rotatable bonds is 4. The lowest BCUT2D eigenvalue weighted by molar-refractivity contribution is -0.288. The summed E-state index contributed by atoms with van der Waals surface area (Å²) in [4.78, 5) is 23.1. The minimum atomic E-state index is -5.55. The maximum absolute atomic E-state index is 14.9. The Morgan fingerprint density at radius 1 is 1.28 bits per heavy atom. The van der Waals surface area contributed by atoms with Crippen molar-refractivity contribution in [1.29, 1.82) is 5.26 Å². The van der Waals surface area contributed by atoms with Gasteiger partial charge in [0, 0.05) is 11.9 Å². The first-order valence-electron chi connectivity index (χ1n) is 8.81. The molecule has 2 aromatic heterocycles. The third kappa shape index (κ3) is 3.95. The van der Waals surface area contributed by atoms with Crippen LogP contribution in [0.25, 0.3) is 0 Å². The van der Waals surface area contributed by atoms with Gasteiger partial charge in [0.2, 0.25) is 0 Å². The number of amidine groups is 1. The molecule has 2 aromatic rings. The molecule has 0 spiro atoms. The zero-order valence-corrected chi connectivity index (χ0v) is 16.1. The van der Waals surface area contributed by atoms with Gasteiger partial charge in [-0.2, -0.15) is 27.2 Å². The summed E-state index contributed by atoms with van der Waals surface area (Å²) in [5, 5.41) is 8.76. The highest BCUT2D eigenvalue weighted by atomic mass is 19.4. The number of alkyl halides is 5. The molecule has 0 aliphatic carbocycles. The van der Waals surface area contributed by atoms with E-state index in [4.69, 9.17) is 11.0 Å². The number of ketones is 1. The number of nitrogens with zero attached hydrogens (tertiary/aromatic N) is 4. The summed E-state index contributed by atoms with van der Waals surface area (Å²) in [7, 11) is 0. The van der Waals surface area contributed by atoms with Crippen LogP contribution in [0.4, 0.5) is 26.3 Å². The molecule has 32 heavy (non-hydrogen) atoms. The lowest BCUT2D eigenvalue weighted by Gasteiger charge is -2.42. The fourth-order valence-electron chi connectivity index (χ4n) is 3.06. The normalized spacial score (nSPS) is 22.4. The van der Waals surface area contributed by atoms with E-state index in [2.05, 4.69) is 19.7 Å². The van der Waals surface area contributed by atoms with E-state index in [-0.39, 0.29) is 17.0 Å². The third-order valence-corrected chi connectivity index (χ3v) is 4.73. The van der Waals surface area contributed by atoms with Crippen LogP contribution >= 0.6 is 0 Å². The molecule has 2 N–H and O–H groups in total. The Bertz CT molecular complexity index is 1130. The molecule has 0 radical (unpaired) electrons. The van der Waals surface area contributed by atoms with Gasteiger partial charge < -0.3 is 10.5 Å². The lowest BCUT2D eigenvalue weighted by Crippen LogP contribution is -2.62. The van der Waals surface area contributed by atoms with Crippen molar-refractivity contribution in [2.24, 2.45) is 10.7 Å². The Labute approximate surface area is 176 Å². The minimum absolute atomic E-state index is 0.0846. The van der Waals surface area contributed by atoms with Crippen molar-refractivity contribution in [3.8, 4) is 6.07 Å². The van der Waals surface area contributed by atoms with Crippen LogP contribution < -0.4 is 5.73 Å². The van der Waals surface area contributed by atoms with E-state index in [0.29, 0.717) is 13.0 Å². The van der Waals surface area contributed by atoms with E-state index in [1.165, 1.54) is 12.1 Å². The van der Waals surface area contributed by atoms with E-state index in [1.54, 1.807) is 0 Å². The minimum Gasteiger partial charge on any atom is -0.446 e. The van der Waals surface area contributed by atoms with Gasteiger partial charge >= 0.3 is 12.1 Å². The van der Waals surface area contributed by atoms with Crippen LogP contribution in [0.1, 0.15) is 34.4 Å². The first kappa shape index (κ1) is 23.0. The van der Waals surface area contributed by atoms with Gasteiger partial charge in [0.15, 0.2) is 11.3 Å². The number of hydrogen-bond acceptors (Lipinski definition) is 7. The van der Waals surface area contributed by atoms with Crippen LogP contribution in [0, 0.1) is 17.1 Å². The summed E-state index contributed by atoms with van der Waals surface area (Å²) >= 11 is 0. The fraction of sp³-hybridized carbons (Fsp3) is 0.316. The summed E-state index contributed by atoms with van der Waals surface area (Å²) in [6.07, 6.45) is -8.63. The van der Waals surface area contributed by atoms with Gasteiger partial charge in [0.05, 0.1) is 12.0 Å². The second-order valence-corrected chi connectivity index (χ2v) is 6.96. The monoisotopic (exact) mass is 457 g/mol. The molecule has 0 unspecified atom stereocenters. The van der Waals surface area contributed by atoms with Crippen LogP contribution in [-0.2, 0) is 16.7 Å². The van der Waals surface area contributed by atoms with Gasteiger partial charge in [-0.15, -0.1) is 0 Å². The number of carbonyl (C=O) groups is 1. The van der Waals surface area contributed by atoms with Crippen molar-refractivity contribution in [2.45, 2.75) is 37.1 Å². The Morgan fingerprint density at radius 2 is 1.97 bits per heavy atom. The molecule has 0 saturated heterocycles. The average Bonchev–Trinajstić information content (AvgIpc) is 2.71. The molecule has 1 aliphatic heterocycles. The molecule has 168 valence electrons. The second-order valence-electron chi connectivity index (χ2n) is 6.96. The number of aromatic nitrogens is 2. The molecular formula is C19H13F6N5O2.